The van der Waals surface area contributed by atoms with E-state index in [1.165, 1.54) is 10.9 Å². The highest BCUT2D eigenvalue weighted by Crippen LogP contribution is 2.23. The fourth-order valence-electron chi connectivity index (χ4n) is 2.84. The second-order valence-electron chi connectivity index (χ2n) is 6.30. The summed E-state index contributed by atoms with van der Waals surface area (Å²) in [5.41, 5.74) is 3.06. The Morgan fingerprint density at radius 1 is 1.03 bits per heavy atom. The molecule has 0 spiro atoms. The summed E-state index contributed by atoms with van der Waals surface area (Å²) in [6.07, 6.45) is 0.252. The van der Waals surface area contributed by atoms with Gasteiger partial charge in [0.25, 0.3) is 11.4 Å². The normalized spacial score (nSPS) is 11.2. The van der Waals surface area contributed by atoms with Crippen LogP contribution in [0.15, 0.2) is 64.1 Å². The lowest BCUT2D eigenvalue weighted by Crippen LogP contribution is -2.26. The van der Waals surface area contributed by atoms with Gasteiger partial charge in [-0.05, 0) is 24.6 Å². The van der Waals surface area contributed by atoms with Crippen LogP contribution in [0.3, 0.4) is 0 Å². The van der Waals surface area contributed by atoms with E-state index < -0.39 is 12.3 Å². The van der Waals surface area contributed by atoms with Gasteiger partial charge in [-0.15, -0.1) is 10.2 Å². The Hall–Kier alpha value is -3.75. The predicted molar refractivity (Wildman–Crippen MR) is 100 cm³/mol. The van der Waals surface area contributed by atoms with Crippen LogP contribution in [0.25, 0.3) is 22.6 Å². The summed E-state index contributed by atoms with van der Waals surface area (Å²) in [7, 11) is 0. The lowest BCUT2D eigenvalue weighted by atomic mass is 10.0. The van der Waals surface area contributed by atoms with E-state index in [0.717, 1.165) is 11.1 Å². The molecular formula is C20H15F2N5O2. The number of nitrogens with zero attached hydrogens (tertiary/aromatic N) is 5. The molecule has 0 saturated carbocycles. The molecule has 0 saturated heterocycles. The van der Waals surface area contributed by atoms with Gasteiger partial charge in [0.05, 0.1) is 24.0 Å². The first-order valence-electron chi connectivity index (χ1n) is 8.72. The first kappa shape index (κ1) is 18.6. The van der Waals surface area contributed by atoms with Crippen LogP contribution in [0.4, 0.5) is 8.78 Å². The van der Waals surface area contributed by atoms with Crippen LogP contribution in [-0.4, -0.2) is 25.0 Å². The molecule has 1 aromatic carbocycles. The Kier molecular flexibility index (Phi) is 4.94. The molecule has 7 nitrogen and oxygen atoms in total. The third kappa shape index (κ3) is 3.79. The molecule has 0 aliphatic carbocycles. The zero-order valence-electron chi connectivity index (χ0n) is 15.3. The van der Waals surface area contributed by atoms with Crippen LogP contribution in [0.2, 0.25) is 0 Å². The Bertz CT molecular complexity index is 1190. The first-order valence-corrected chi connectivity index (χ1v) is 8.72. The molecule has 3 heterocycles. The van der Waals surface area contributed by atoms with Crippen LogP contribution < -0.4 is 5.56 Å². The van der Waals surface area contributed by atoms with E-state index >= 15 is 0 Å². The van der Waals surface area contributed by atoms with Gasteiger partial charge in [-0.3, -0.25) is 9.78 Å². The number of hydrogen-bond acceptors (Lipinski definition) is 6. The van der Waals surface area contributed by atoms with Gasteiger partial charge in [-0.2, -0.15) is 13.9 Å². The second-order valence-corrected chi connectivity index (χ2v) is 6.30. The van der Waals surface area contributed by atoms with Gasteiger partial charge < -0.3 is 4.42 Å². The van der Waals surface area contributed by atoms with E-state index in [0.29, 0.717) is 16.8 Å². The summed E-state index contributed by atoms with van der Waals surface area (Å²) in [5, 5.41) is 11.1. The largest absolute Gasteiger partial charge is 0.415 e. The van der Waals surface area contributed by atoms with Crippen LogP contribution in [-0.2, 0) is 6.54 Å². The van der Waals surface area contributed by atoms with Crippen molar-refractivity contribution in [2.45, 2.75) is 19.9 Å². The van der Waals surface area contributed by atoms with Gasteiger partial charge in [0, 0.05) is 17.3 Å². The maximum Gasteiger partial charge on any atom is 0.314 e. The van der Waals surface area contributed by atoms with E-state index in [-0.39, 0.29) is 18.0 Å². The monoisotopic (exact) mass is 395 g/mol. The summed E-state index contributed by atoms with van der Waals surface area (Å²) in [6, 6.07) is 12.8. The third-order valence-corrected chi connectivity index (χ3v) is 4.38. The molecule has 0 unspecified atom stereocenters. The predicted octanol–water partition coefficient (Wildman–Crippen LogP) is 3.65. The minimum Gasteiger partial charge on any atom is -0.415 e. The SMILES string of the molecule is Cc1c(-c2ccccc2)cnn(Cc2ccc(-c3nnc(C(F)F)o3)cn2)c1=O. The molecule has 29 heavy (non-hydrogen) atoms. The molecule has 146 valence electrons. The quantitative estimate of drug-likeness (QED) is 0.513. The van der Waals surface area contributed by atoms with Crippen molar-refractivity contribution in [2.75, 3.05) is 0 Å². The Morgan fingerprint density at radius 2 is 1.83 bits per heavy atom. The smallest absolute Gasteiger partial charge is 0.314 e. The Labute approximate surface area is 163 Å². The fourth-order valence-corrected chi connectivity index (χ4v) is 2.84. The molecule has 9 heteroatoms. The van der Waals surface area contributed by atoms with Crippen molar-refractivity contribution < 1.29 is 13.2 Å². The minimum absolute atomic E-state index is 0.0438. The highest BCUT2D eigenvalue weighted by atomic mass is 19.3. The van der Waals surface area contributed by atoms with Crippen molar-refractivity contribution in [3.63, 3.8) is 0 Å². The molecule has 4 aromatic rings. The van der Waals surface area contributed by atoms with E-state index in [1.54, 1.807) is 25.3 Å². The zero-order valence-corrected chi connectivity index (χ0v) is 15.3. The van der Waals surface area contributed by atoms with E-state index in [9.17, 15) is 13.6 Å². The van der Waals surface area contributed by atoms with Crippen molar-refractivity contribution in [3.05, 3.63) is 82.4 Å². The molecule has 4 rings (SSSR count). The highest BCUT2D eigenvalue weighted by molar-refractivity contribution is 5.65. The number of halogens is 2. The van der Waals surface area contributed by atoms with E-state index in [1.807, 2.05) is 30.3 Å². The number of aromatic nitrogens is 5. The van der Waals surface area contributed by atoms with Crippen LogP contribution >= 0.6 is 0 Å². The molecular weight excluding hydrogens is 380 g/mol. The van der Waals surface area contributed by atoms with Crippen LogP contribution in [0.1, 0.15) is 23.6 Å². The lowest BCUT2D eigenvalue weighted by Gasteiger charge is -2.09. The maximum absolute atomic E-state index is 12.7. The summed E-state index contributed by atoms with van der Waals surface area (Å²) in [5.74, 6) is -0.786. The summed E-state index contributed by atoms with van der Waals surface area (Å²) in [6.45, 7) is 1.93. The summed E-state index contributed by atoms with van der Waals surface area (Å²) in [4.78, 5) is 16.9. The van der Waals surface area contributed by atoms with Crippen molar-refractivity contribution in [3.8, 4) is 22.6 Å². The Balaban J connectivity index is 1.56. The van der Waals surface area contributed by atoms with Crippen molar-refractivity contribution in [1.29, 1.82) is 0 Å². The average molecular weight is 395 g/mol. The molecule has 0 aliphatic heterocycles. The third-order valence-electron chi connectivity index (χ3n) is 4.38. The molecule has 3 aromatic heterocycles. The molecule has 0 amide bonds. The van der Waals surface area contributed by atoms with Gasteiger partial charge in [-0.1, -0.05) is 30.3 Å². The summed E-state index contributed by atoms with van der Waals surface area (Å²) < 4.78 is 31.3. The van der Waals surface area contributed by atoms with Crippen molar-refractivity contribution in [2.24, 2.45) is 0 Å². The number of benzene rings is 1. The van der Waals surface area contributed by atoms with Crippen molar-refractivity contribution >= 4 is 0 Å². The van der Waals surface area contributed by atoms with Gasteiger partial charge in [-0.25, -0.2) is 4.68 Å². The number of rotatable bonds is 5. The second kappa shape index (κ2) is 7.70. The van der Waals surface area contributed by atoms with Crippen LogP contribution in [0.5, 0.6) is 0 Å². The molecule has 0 aliphatic rings. The van der Waals surface area contributed by atoms with E-state index in [2.05, 4.69) is 20.3 Å². The van der Waals surface area contributed by atoms with Gasteiger partial charge in [0.2, 0.25) is 5.89 Å². The summed E-state index contributed by atoms with van der Waals surface area (Å²) >= 11 is 0. The van der Waals surface area contributed by atoms with Gasteiger partial charge >= 0.3 is 6.43 Å². The first-order chi connectivity index (χ1) is 14.0. The fraction of sp³-hybridized carbons (Fsp3) is 0.150. The van der Waals surface area contributed by atoms with Crippen molar-refractivity contribution in [1.82, 2.24) is 25.0 Å². The molecule has 0 N–H and O–H groups in total. The van der Waals surface area contributed by atoms with E-state index in [4.69, 9.17) is 4.42 Å². The van der Waals surface area contributed by atoms with Crippen LogP contribution in [0, 0.1) is 6.92 Å². The minimum atomic E-state index is -2.83. The zero-order chi connectivity index (χ0) is 20.4. The number of hydrogen-bond donors (Lipinski definition) is 0. The topological polar surface area (TPSA) is 86.7 Å². The van der Waals surface area contributed by atoms with Gasteiger partial charge in [0.15, 0.2) is 0 Å². The maximum atomic E-state index is 12.7. The standard InChI is InChI=1S/C20H15F2N5O2/c1-12-16(13-5-3-2-4-6-13)10-24-27(20(12)28)11-15-8-7-14(9-23-15)18-25-26-19(29-18)17(21)22/h2-10,17H,11H2,1H3. The molecule has 0 radical (unpaired) electrons. The molecule has 0 atom stereocenters. The highest BCUT2D eigenvalue weighted by Gasteiger charge is 2.17. The molecule has 0 fully saturated rings. The lowest BCUT2D eigenvalue weighted by molar-refractivity contribution is 0.116. The average Bonchev–Trinajstić information content (AvgIpc) is 3.23. The van der Waals surface area contributed by atoms with Gasteiger partial charge in [0.1, 0.15) is 0 Å². The molecule has 0 bridgehead atoms. The number of alkyl halides is 2. The number of pyridine rings is 1. The Morgan fingerprint density at radius 3 is 2.48 bits per heavy atom.